The zero-order valence-corrected chi connectivity index (χ0v) is 11.1. The largest absolute Gasteiger partial charge is 0.416 e. The Hall–Kier alpha value is -1.35. The van der Waals surface area contributed by atoms with Crippen LogP contribution in [0.3, 0.4) is 0 Å². The quantitative estimate of drug-likeness (QED) is 0.646. The first-order valence-electron chi connectivity index (χ1n) is 5.98. The highest BCUT2D eigenvalue weighted by molar-refractivity contribution is 5.29. The predicted molar refractivity (Wildman–Crippen MR) is 62.5 cm³/mol. The molecule has 0 aliphatic heterocycles. The van der Waals surface area contributed by atoms with Gasteiger partial charge in [0, 0.05) is 25.0 Å². The Balaban J connectivity index is 2.73. The minimum absolute atomic E-state index is 0.0403. The van der Waals surface area contributed by atoms with Crippen LogP contribution in [-0.2, 0) is 10.9 Å². The molecule has 21 heavy (non-hydrogen) atoms. The van der Waals surface area contributed by atoms with Crippen LogP contribution in [0.2, 0.25) is 0 Å². The van der Waals surface area contributed by atoms with Crippen molar-refractivity contribution in [3.8, 4) is 0 Å². The fraction of sp³-hybridized carbons (Fsp3) is 0.583. The normalized spacial score (nSPS) is 14.2. The van der Waals surface area contributed by atoms with Gasteiger partial charge in [-0.1, -0.05) is 0 Å². The molecule has 0 spiro atoms. The van der Waals surface area contributed by atoms with Gasteiger partial charge in [-0.15, -0.1) is 0 Å². The zero-order chi connectivity index (χ0) is 16.1. The van der Waals surface area contributed by atoms with Gasteiger partial charge in [-0.2, -0.15) is 26.3 Å². The highest BCUT2D eigenvalue weighted by Crippen LogP contribution is 2.34. The minimum Gasteiger partial charge on any atom is -0.372 e. The number of nitrogens with zero attached hydrogens (tertiary/aromatic N) is 1. The van der Waals surface area contributed by atoms with Crippen molar-refractivity contribution in [1.29, 1.82) is 0 Å². The SMILES string of the molecule is CNC(CCOCC(F)(F)F)c1cnccc1C(F)(F)F. The van der Waals surface area contributed by atoms with Gasteiger partial charge in [-0.05, 0) is 25.1 Å². The smallest absolute Gasteiger partial charge is 0.372 e. The summed E-state index contributed by atoms with van der Waals surface area (Å²) in [5, 5.41) is 2.63. The Morgan fingerprint density at radius 1 is 1.24 bits per heavy atom. The van der Waals surface area contributed by atoms with E-state index >= 15 is 0 Å². The molecule has 9 heteroatoms. The first kappa shape index (κ1) is 17.7. The maximum atomic E-state index is 12.9. The van der Waals surface area contributed by atoms with E-state index in [-0.39, 0.29) is 18.6 Å². The number of ether oxygens (including phenoxy) is 1. The lowest BCUT2D eigenvalue weighted by Gasteiger charge is -2.21. The van der Waals surface area contributed by atoms with Crippen LogP contribution in [0.5, 0.6) is 0 Å². The highest BCUT2D eigenvalue weighted by atomic mass is 19.4. The molecule has 1 unspecified atom stereocenters. The zero-order valence-electron chi connectivity index (χ0n) is 11.1. The first-order chi connectivity index (χ1) is 9.65. The van der Waals surface area contributed by atoms with E-state index in [0.29, 0.717) is 0 Å². The molecule has 0 aromatic carbocycles. The van der Waals surface area contributed by atoms with Crippen LogP contribution in [0, 0.1) is 0 Å². The van der Waals surface area contributed by atoms with Gasteiger partial charge < -0.3 is 10.1 Å². The van der Waals surface area contributed by atoms with E-state index in [4.69, 9.17) is 0 Å². The van der Waals surface area contributed by atoms with E-state index in [1.165, 1.54) is 7.05 Å². The third-order valence-corrected chi connectivity index (χ3v) is 2.70. The van der Waals surface area contributed by atoms with Crippen LogP contribution < -0.4 is 5.32 Å². The minimum atomic E-state index is -4.56. The van der Waals surface area contributed by atoms with Crippen LogP contribution in [-0.4, -0.2) is 31.4 Å². The van der Waals surface area contributed by atoms with Crippen molar-refractivity contribution < 1.29 is 31.1 Å². The molecule has 1 N–H and O–H groups in total. The molecule has 3 nitrogen and oxygen atoms in total. The van der Waals surface area contributed by atoms with Gasteiger partial charge in [0.1, 0.15) is 6.61 Å². The van der Waals surface area contributed by atoms with Gasteiger partial charge >= 0.3 is 12.4 Å². The standard InChI is InChI=1S/C12H14F6N2O/c1-19-10(3-5-21-7-11(13,14)15)8-6-20-4-2-9(8)12(16,17)18/h2,4,6,10,19H,3,5,7H2,1H3. The van der Waals surface area contributed by atoms with E-state index in [0.717, 1.165) is 18.5 Å². The van der Waals surface area contributed by atoms with E-state index in [1.54, 1.807) is 0 Å². The lowest BCUT2D eigenvalue weighted by atomic mass is 10.0. The lowest BCUT2D eigenvalue weighted by Crippen LogP contribution is -2.24. The molecular weight excluding hydrogens is 302 g/mol. The molecule has 0 bridgehead atoms. The Morgan fingerprint density at radius 3 is 2.43 bits per heavy atom. The molecule has 0 aliphatic carbocycles. The Kier molecular flexibility index (Phi) is 5.97. The molecule has 0 saturated carbocycles. The summed E-state index contributed by atoms with van der Waals surface area (Å²) in [5.74, 6) is 0. The first-order valence-corrected chi connectivity index (χ1v) is 5.98. The van der Waals surface area contributed by atoms with E-state index in [2.05, 4.69) is 15.0 Å². The molecule has 120 valence electrons. The van der Waals surface area contributed by atoms with Crippen molar-refractivity contribution in [1.82, 2.24) is 10.3 Å². The fourth-order valence-electron chi connectivity index (χ4n) is 1.79. The molecule has 0 fully saturated rings. The van der Waals surface area contributed by atoms with Crippen molar-refractivity contribution in [2.75, 3.05) is 20.3 Å². The van der Waals surface area contributed by atoms with E-state index in [9.17, 15) is 26.3 Å². The lowest BCUT2D eigenvalue weighted by molar-refractivity contribution is -0.174. The number of rotatable bonds is 6. The summed E-state index contributed by atoms with van der Waals surface area (Å²) in [6.07, 6.45) is -6.99. The Labute approximate surface area is 117 Å². The summed E-state index contributed by atoms with van der Waals surface area (Å²) >= 11 is 0. The summed E-state index contributed by atoms with van der Waals surface area (Å²) in [6, 6.07) is 0.0273. The average Bonchev–Trinajstić information content (AvgIpc) is 2.37. The summed E-state index contributed by atoms with van der Waals surface area (Å²) < 4.78 is 78.7. The maximum Gasteiger partial charge on any atom is 0.416 e. The molecule has 0 aliphatic rings. The number of aromatic nitrogens is 1. The van der Waals surface area contributed by atoms with Crippen LogP contribution in [0.25, 0.3) is 0 Å². The molecular formula is C12H14F6N2O. The van der Waals surface area contributed by atoms with Crippen LogP contribution in [0.4, 0.5) is 26.3 Å². The predicted octanol–water partition coefficient (Wildman–Crippen LogP) is 3.33. The Morgan fingerprint density at radius 2 is 1.90 bits per heavy atom. The van der Waals surface area contributed by atoms with Crippen molar-refractivity contribution in [3.63, 3.8) is 0 Å². The van der Waals surface area contributed by atoms with Gasteiger partial charge in [0.25, 0.3) is 0 Å². The molecule has 1 rings (SSSR count). The summed E-state index contributed by atoms with van der Waals surface area (Å²) in [4.78, 5) is 3.63. The third-order valence-electron chi connectivity index (χ3n) is 2.70. The highest BCUT2D eigenvalue weighted by Gasteiger charge is 2.35. The maximum absolute atomic E-state index is 12.9. The van der Waals surface area contributed by atoms with Gasteiger partial charge in [0.15, 0.2) is 0 Å². The number of nitrogens with one attached hydrogen (secondary N) is 1. The van der Waals surface area contributed by atoms with Crippen molar-refractivity contribution in [2.24, 2.45) is 0 Å². The van der Waals surface area contributed by atoms with E-state index in [1.807, 2.05) is 0 Å². The average molecular weight is 316 g/mol. The number of hydrogen-bond acceptors (Lipinski definition) is 3. The fourth-order valence-corrected chi connectivity index (χ4v) is 1.79. The number of alkyl halides is 6. The number of hydrogen-bond donors (Lipinski definition) is 1. The number of pyridine rings is 1. The van der Waals surface area contributed by atoms with Crippen LogP contribution >= 0.6 is 0 Å². The van der Waals surface area contributed by atoms with Crippen molar-refractivity contribution in [3.05, 3.63) is 29.6 Å². The molecule has 0 amide bonds. The van der Waals surface area contributed by atoms with E-state index < -0.39 is 30.6 Å². The molecule has 1 aromatic rings. The van der Waals surface area contributed by atoms with Crippen molar-refractivity contribution in [2.45, 2.75) is 24.8 Å². The molecule has 1 atom stereocenters. The Bertz CT molecular complexity index is 446. The summed E-state index contributed by atoms with van der Waals surface area (Å²) in [7, 11) is 1.42. The summed E-state index contributed by atoms with van der Waals surface area (Å²) in [5.41, 5.74) is -0.990. The van der Waals surface area contributed by atoms with Gasteiger partial charge in [0.05, 0.1) is 5.56 Å². The molecule has 0 radical (unpaired) electrons. The monoisotopic (exact) mass is 316 g/mol. The van der Waals surface area contributed by atoms with Crippen molar-refractivity contribution >= 4 is 0 Å². The second kappa shape index (κ2) is 7.08. The summed E-state index contributed by atoms with van der Waals surface area (Å²) in [6.45, 7) is -1.75. The van der Waals surface area contributed by atoms with Gasteiger partial charge in [0.2, 0.25) is 0 Å². The van der Waals surface area contributed by atoms with Gasteiger partial charge in [-0.25, -0.2) is 0 Å². The van der Waals surface area contributed by atoms with Crippen LogP contribution in [0.15, 0.2) is 18.5 Å². The van der Waals surface area contributed by atoms with Crippen LogP contribution in [0.1, 0.15) is 23.6 Å². The van der Waals surface area contributed by atoms with Gasteiger partial charge in [-0.3, -0.25) is 4.98 Å². The topological polar surface area (TPSA) is 34.1 Å². The second-order valence-electron chi connectivity index (χ2n) is 4.26. The number of halogens is 6. The molecule has 1 aromatic heterocycles. The molecule has 1 heterocycles. The third kappa shape index (κ3) is 5.88. The molecule has 0 saturated heterocycles. The second-order valence-corrected chi connectivity index (χ2v) is 4.26.